The number of nitro benzene ring substituents is 1. The van der Waals surface area contributed by atoms with E-state index in [1.807, 2.05) is 65.2 Å². The number of nitro groups is 1. The van der Waals surface area contributed by atoms with Crippen LogP contribution in [0.3, 0.4) is 0 Å². The van der Waals surface area contributed by atoms with E-state index < -0.39 is 10.8 Å². The number of rotatable bonds is 9. The number of nitrogens with zero attached hydrogens (tertiary/aromatic N) is 3. The quantitative estimate of drug-likeness (QED) is 0.368. The van der Waals surface area contributed by atoms with Crippen LogP contribution >= 0.6 is 0 Å². The number of non-ortho nitro benzene ring substituents is 1. The van der Waals surface area contributed by atoms with Crippen molar-refractivity contribution in [3.8, 4) is 0 Å². The summed E-state index contributed by atoms with van der Waals surface area (Å²) in [5, 5.41) is 25.3. The largest absolute Gasteiger partial charge is 0.269 e. The molecule has 0 bridgehead atoms. The topological polar surface area (TPSA) is 69.5 Å². The maximum atomic E-state index is 14.4. The van der Waals surface area contributed by atoms with E-state index in [2.05, 4.69) is 0 Å². The molecule has 0 N–H and O–H groups in total. The third-order valence-corrected chi connectivity index (χ3v) is 4.61. The monoisotopic (exact) mass is 364 g/mol. The molecule has 6 nitrogen and oxygen atoms in total. The van der Waals surface area contributed by atoms with Crippen molar-refractivity contribution in [3.63, 3.8) is 0 Å². The summed E-state index contributed by atoms with van der Waals surface area (Å²) >= 11 is 0. The maximum absolute atomic E-state index is 14.4. The molecule has 0 aromatic heterocycles. The molecule has 0 spiro atoms. The highest BCUT2D eigenvalue weighted by Crippen LogP contribution is 2.32. The molecule has 0 aliphatic rings. The fraction of sp³-hybridized carbons (Fsp3) is 0.700. The van der Waals surface area contributed by atoms with Gasteiger partial charge in [-0.2, -0.15) is 5.11 Å². The molecule has 0 saturated carbocycles. The summed E-state index contributed by atoms with van der Waals surface area (Å²) in [5.41, 5.74) is 0.850. The highest BCUT2D eigenvalue weighted by Gasteiger charge is 2.47. The standard InChI is InChI=1S/C20H34N3O3/c1-14(2)21(15(3)4)20(24,22(16(5)6)17(7)8)13-18-9-11-19(12-10-18)23(25)26/h9-12,14-17H,13H2,1-8H3. The summed E-state index contributed by atoms with van der Waals surface area (Å²) in [6.07, 6.45) is 0.262. The van der Waals surface area contributed by atoms with Crippen LogP contribution in [0.1, 0.15) is 61.0 Å². The molecular formula is C20H34N3O3. The van der Waals surface area contributed by atoms with Gasteiger partial charge in [-0.05, 0) is 61.0 Å². The minimum atomic E-state index is -1.44. The summed E-state index contributed by atoms with van der Waals surface area (Å²) in [6, 6.07) is 6.64. The van der Waals surface area contributed by atoms with Gasteiger partial charge >= 0.3 is 0 Å². The van der Waals surface area contributed by atoms with Crippen molar-refractivity contribution in [1.29, 1.82) is 0 Å². The third kappa shape index (κ3) is 5.02. The van der Waals surface area contributed by atoms with Gasteiger partial charge in [0.05, 0.1) is 4.92 Å². The third-order valence-electron chi connectivity index (χ3n) is 4.61. The fourth-order valence-corrected chi connectivity index (χ4v) is 4.12. The van der Waals surface area contributed by atoms with Gasteiger partial charge in [0.2, 0.25) is 5.85 Å². The first-order valence-corrected chi connectivity index (χ1v) is 9.42. The van der Waals surface area contributed by atoms with E-state index in [9.17, 15) is 15.2 Å². The smallest absolute Gasteiger partial charge is 0.258 e. The van der Waals surface area contributed by atoms with Crippen LogP contribution in [0.2, 0.25) is 0 Å². The van der Waals surface area contributed by atoms with Gasteiger partial charge in [-0.1, -0.05) is 12.1 Å². The van der Waals surface area contributed by atoms with Crippen molar-refractivity contribution in [1.82, 2.24) is 9.80 Å². The molecule has 0 amide bonds. The molecule has 0 fully saturated rings. The van der Waals surface area contributed by atoms with Crippen LogP contribution in [0, 0.1) is 10.1 Å². The van der Waals surface area contributed by atoms with Crippen molar-refractivity contribution in [2.45, 2.75) is 91.8 Å². The molecule has 0 aliphatic carbocycles. The molecule has 0 atom stereocenters. The van der Waals surface area contributed by atoms with E-state index in [1.54, 1.807) is 12.1 Å². The lowest BCUT2D eigenvalue weighted by Crippen LogP contribution is -2.68. The average Bonchev–Trinajstić information content (AvgIpc) is 2.45. The molecule has 1 rings (SSSR count). The molecule has 6 heteroatoms. The first-order chi connectivity index (χ1) is 11.9. The molecular weight excluding hydrogens is 330 g/mol. The highest BCUT2D eigenvalue weighted by atomic mass is 16.6. The van der Waals surface area contributed by atoms with Gasteiger partial charge in [0.25, 0.3) is 5.69 Å². The zero-order valence-corrected chi connectivity index (χ0v) is 17.4. The van der Waals surface area contributed by atoms with Gasteiger partial charge in [0, 0.05) is 42.7 Å². The van der Waals surface area contributed by atoms with Crippen LogP contribution < -0.4 is 0 Å². The highest BCUT2D eigenvalue weighted by molar-refractivity contribution is 5.33. The van der Waals surface area contributed by atoms with E-state index >= 15 is 0 Å². The van der Waals surface area contributed by atoms with Crippen LogP contribution in [0.15, 0.2) is 24.3 Å². The fourth-order valence-electron chi connectivity index (χ4n) is 4.12. The van der Waals surface area contributed by atoms with Crippen molar-refractivity contribution < 1.29 is 10.0 Å². The second kappa shape index (κ2) is 8.93. The van der Waals surface area contributed by atoms with E-state index in [0.29, 0.717) is 0 Å². The van der Waals surface area contributed by atoms with Crippen molar-refractivity contribution in [3.05, 3.63) is 39.9 Å². The second-order valence-corrected chi connectivity index (χ2v) is 8.03. The first kappa shape index (κ1) is 22.5. The van der Waals surface area contributed by atoms with Gasteiger partial charge in [0.15, 0.2) is 0 Å². The summed E-state index contributed by atoms with van der Waals surface area (Å²) in [7, 11) is 0. The number of benzene rings is 1. The zero-order chi connectivity index (χ0) is 20.2. The van der Waals surface area contributed by atoms with Gasteiger partial charge in [-0.3, -0.25) is 19.9 Å². The molecule has 0 saturated heterocycles. The Morgan fingerprint density at radius 1 is 0.846 bits per heavy atom. The second-order valence-electron chi connectivity index (χ2n) is 8.03. The van der Waals surface area contributed by atoms with Crippen LogP contribution in [0.25, 0.3) is 0 Å². The normalized spacial score (nSPS) is 13.0. The molecule has 26 heavy (non-hydrogen) atoms. The number of hydrogen-bond acceptors (Lipinski definition) is 4. The first-order valence-electron chi connectivity index (χ1n) is 9.42. The zero-order valence-electron chi connectivity index (χ0n) is 17.4. The molecule has 1 radical (unpaired) electrons. The Labute approximate surface area is 158 Å². The molecule has 147 valence electrons. The lowest BCUT2D eigenvalue weighted by molar-refractivity contribution is -0.384. The summed E-state index contributed by atoms with van der Waals surface area (Å²) in [4.78, 5) is 14.5. The van der Waals surface area contributed by atoms with E-state index in [4.69, 9.17) is 0 Å². The van der Waals surface area contributed by atoms with Crippen LogP contribution in [0.5, 0.6) is 0 Å². The van der Waals surface area contributed by atoms with Gasteiger partial charge < -0.3 is 0 Å². The molecule has 1 aromatic rings. The van der Waals surface area contributed by atoms with Crippen LogP contribution in [0.4, 0.5) is 5.69 Å². The van der Waals surface area contributed by atoms with Crippen molar-refractivity contribution in [2.24, 2.45) is 0 Å². The van der Waals surface area contributed by atoms with Gasteiger partial charge in [-0.15, -0.1) is 0 Å². The Kier molecular flexibility index (Phi) is 7.74. The SMILES string of the molecule is CC(C)N(C(C)C)C([O])(Cc1ccc([N+](=O)[O-])cc1)N(C(C)C)C(C)C. The van der Waals surface area contributed by atoms with E-state index in [1.165, 1.54) is 12.1 Å². The molecule has 0 aliphatic heterocycles. The van der Waals surface area contributed by atoms with Crippen LogP contribution in [-0.4, -0.2) is 44.7 Å². The Morgan fingerprint density at radius 3 is 1.46 bits per heavy atom. The minimum absolute atomic E-state index is 0.0411. The Hall–Kier alpha value is -1.50. The molecule has 0 unspecified atom stereocenters. The van der Waals surface area contributed by atoms with Gasteiger partial charge in [0.1, 0.15) is 0 Å². The van der Waals surface area contributed by atoms with Crippen LogP contribution in [-0.2, 0) is 11.5 Å². The Morgan fingerprint density at radius 2 is 1.19 bits per heavy atom. The predicted molar refractivity (Wildman–Crippen MR) is 104 cm³/mol. The van der Waals surface area contributed by atoms with E-state index in [0.717, 1.165) is 5.56 Å². The summed E-state index contributed by atoms with van der Waals surface area (Å²) < 4.78 is 0. The van der Waals surface area contributed by atoms with Crippen molar-refractivity contribution >= 4 is 5.69 Å². The van der Waals surface area contributed by atoms with Crippen molar-refractivity contribution in [2.75, 3.05) is 0 Å². The average molecular weight is 365 g/mol. The lowest BCUT2D eigenvalue weighted by atomic mass is 9.99. The Balaban J connectivity index is 3.41. The van der Waals surface area contributed by atoms with E-state index in [-0.39, 0.29) is 36.3 Å². The Bertz CT molecular complexity index is 546. The lowest BCUT2D eigenvalue weighted by Gasteiger charge is -2.52. The summed E-state index contributed by atoms with van der Waals surface area (Å²) in [5.74, 6) is -1.44. The molecule has 1 aromatic carbocycles. The number of hydrogen-bond donors (Lipinski definition) is 0. The molecule has 0 heterocycles. The van der Waals surface area contributed by atoms with Gasteiger partial charge in [-0.25, -0.2) is 0 Å². The minimum Gasteiger partial charge on any atom is -0.258 e. The summed E-state index contributed by atoms with van der Waals surface area (Å²) in [6.45, 7) is 16.3. The maximum Gasteiger partial charge on any atom is 0.269 e. The predicted octanol–water partition coefficient (Wildman–Crippen LogP) is 4.46.